The van der Waals surface area contributed by atoms with E-state index in [0.717, 1.165) is 6.42 Å². The van der Waals surface area contributed by atoms with Crippen LogP contribution in [-0.2, 0) is 9.84 Å². The molecule has 4 heteroatoms. The highest BCUT2D eigenvalue weighted by molar-refractivity contribution is 14.1. The third kappa shape index (κ3) is 1.05. The van der Waals surface area contributed by atoms with Gasteiger partial charge in [0.05, 0.1) is 15.8 Å². The molecule has 1 heterocycles. The second kappa shape index (κ2) is 2.63. The highest BCUT2D eigenvalue weighted by atomic mass is 127. The van der Waals surface area contributed by atoms with Crippen LogP contribution in [0.15, 0.2) is 12.4 Å². The molecule has 0 radical (unpaired) electrons. The minimum atomic E-state index is 0.0308. The molecule has 0 fully saturated rings. The van der Waals surface area contributed by atoms with Gasteiger partial charge in [-0.2, -0.15) is 10.2 Å². The molecule has 1 aromatic rings. The molecule has 0 saturated carbocycles. The maximum Gasteiger partial charge on any atom is 0.0614 e. The van der Waals surface area contributed by atoms with Crippen LogP contribution in [-0.4, -0.2) is 16.2 Å². The molecule has 0 aromatic carbocycles. The Morgan fingerprint density at radius 3 is 2.92 bits per heavy atom. The monoisotopic (exact) mass is 275 g/mol. The van der Waals surface area contributed by atoms with E-state index in [4.69, 9.17) is 5.73 Å². The van der Waals surface area contributed by atoms with Crippen LogP contribution in [0.1, 0.15) is 18.1 Å². The summed E-state index contributed by atoms with van der Waals surface area (Å²) in [4.78, 5) is 0. The van der Waals surface area contributed by atoms with Crippen molar-refractivity contribution in [3.63, 3.8) is 0 Å². The number of halogens is 1. The molecule has 2 rings (SSSR count). The first-order valence-electron chi connectivity index (χ1n) is 3.87. The average molecular weight is 275 g/mol. The van der Waals surface area contributed by atoms with E-state index in [-0.39, 0.29) is 9.46 Å². The molecule has 0 amide bonds. The molecular formula is C8H10IN3. The summed E-state index contributed by atoms with van der Waals surface area (Å²) in [5, 5.41) is 7.72. The standard InChI is InChI=1S/C8H10IN3/c1-8(9)6-4-12-11-3-5(6)2-7(8)10/h3-4,7H,2,10H2,1H3/t7-,8?/m1/s1. The lowest BCUT2D eigenvalue weighted by atomic mass is 10.0. The van der Waals surface area contributed by atoms with E-state index in [1.165, 1.54) is 11.1 Å². The normalized spacial score (nSPS) is 33.4. The summed E-state index contributed by atoms with van der Waals surface area (Å²) in [6.07, 6.45) is 4.57. The third-order valence-electron chi connectivity index (χ3n) is 2.48. The molecule has 0 bridgehead atoms. The lowest BCUT2D eigenvalue weighted by molar-refractivity contribution is 0.590. The molecule has 2 N–H and O–H groups in total. The van der Waals surface area contributed by atoms with Crippen LogP contribution in [0.25, 0.3) is 0 Å². The van der Waals surface area contributed by atoms with E-state index in [1.54, 1.807) is 0 Å². The van der Waals surface area contributed by atoms with Crippen molar-refractivity contribution >= 4 is 22.6 Å². The maximum absolute atomic E-state index is 6.00. The van der Waals surface area contributed by atoms with Gasteiger partial charge < -0.3 is 5.73 Å². The summed E-state index contributed by atoms with van der Waals surface area (Å²) < 4.78 is 0.0308. The zero-order chi connectivity index (χ0) is 8.77. The van der Waals surface area contributed by atoms with Gasteiger partial charge in [0.1, 0.15) is 0 Å². The van der Waals surface area contributed by atoms with Crippen molar-refractivity contribution < 1.29 is 0 Å². The molecule has 1 aliphatic carbocycles. The van der Waals surface area contributed by atoms with Crippen molar-refractivity contribution in [3.05, 3.63) is 23.5 Å². The number of rotatable bonds is 0. The Morgan fingerprint density at radius 2 is 2.25 bits per heavy atom. The summed E-state index contributed by atoms with van der Waals surface area (Å²) >= 11 is 2.39. The summed E-state index contributed by atoms with van der Waals surface area (Å²) in [6, 6.07) is 0.194. The summed E-state index contributed by atoms with van der Waals surface area (Å²) in [5.74, 6) is 0. The first-order chi connectivity index (χ1) is 5.62. The molecule has 0 saturated heterocycles. The largest absolute Gasteiger partial charge is 0.326 e. The molecule has 64 valence electrons. The third-order valence-corrected chi connectivity index (χ3v) is 3.86. The Hall–Kier alpha value is -0.230. The smallest absolute Gasteiger partial charge is 0.0614 e. The quantitative estimate of drug-likeness (QED) is 0.568. The number of hydrogen-bond donors (Lipinski definition) is 1. The number of nitrogens with zero attached hydrogens (tertiary/aromatic N) is 2. The summed E-state index contributed by atoms with van der Waals surface area (Å²) in [7, 11) is 0. The Morgan fingerprint density at radius 1 is 1.58 bits per heavy atom. The molecule has 0 aliphatic heterocycles. The van der Waals surface area contributed by atoms with Gasteiger partial charge in [-0.25, -0.2) is 0 Å². The van der Waals surface area contributed by atoms with Gasteiger partial charge in [0.25, 0.3) is 0 Å². The minimum absolute atomic E-state index is 0.0308. The van der Waals surface area contributed by atoms with Crippen LogP contribution in [0.5, 0.6) is 0 Å². The first-order valence-corrected chi connectivity index (χ1v) is 4.95. The van der Waals surface area contributed by atoms with Gasteiger partial charge in [0.2, 0.25) is 0 Å². The van der Waals surface area contributed by atoms with Crippen molar-refractivity contribution in [3.8, 4) is 0 Å². The zero-order valence-electron chi connectivity index (χ0n) is 6.79. The Balaban J connectivity index is 2.55. The van der Waals surface area contributed by atoms with E-state index in [0.29, 0.717) is 0 Å². The van der Waals surface area contributed by atoms with Crippen LogP contribution in [0, 0.1) is 0 Å². The number of fused-ring (bicyclic) bond motifs is 1. The average Bonchev–Trinajstić information content (AvgIpc) is 2.25. The SMILES string of the molecule is CC1(I)c2cnncc2C[C@H]1N. The zero-order valence-corrected chi connectivity index (χ0v) is 8.95. The molecule has 1 aliphatic rings. The van der Waals surface area contributed by atoms with Crippen LogP contribution < -0.4 is 5.73 Å². The lowest BCUT2D eigenvalue weighted by Gasteiger charge is -2.21. The van der Waals surface area contributed by atoms with Gasteiger partial charge in [0, 0.05) is 6.04 Å². The number of aromatic nitrogens is 2. The van der Waals surface area contributed by atoms with Crippen LogP contribution in [0.2, 0.25) is 0 Å². The number of hydrogen-bond acceptors (Lipinski definition) is 3. The molecule has 1 aromatic heterocycles. The van der Waals surface area contributed by atoms with Gasteiger partial charge in [-0.3, -0.25) is 0 Å². The fourth-order valence-electron chi connectivity index (χ4n) is 1.58. The van der Waals surface area contributed by atoms with Gasteiger partial charge in [-0.05, 0) is 24.5 Å². The maximum atomic E-state index is 6.00. The predicted octanol–water partition coefficient (Wildman–Crippen LogP) is 1.01. The van der Waals surface area contributed by atoms with Crippen LogP contribution >= 0.6 is 22.6 Å². The topological polar surface area (TPSA) is 51.8 Å². The fourth-order valence-corrected chi connectivity index (χ4v) is 2.28. The summed E-state index contributed by atoms with van der Waals surface area (Å²) in [5.41, 5.74) is 8.49. The van der Waals surface area contributed by atoms with Crippen molar-refractivity contribution in [2.75, 3.05) is 0 Å². The number of alkyl halides is 1. The van der Waals surface area contributed by atoms with Gasteiger partial charge in [-0.1, -0.05) is 22.6 Å². The molecule has 12 heavy (non-hydrogen) atoms. The molecule has 2 atom stereocenters. The summed E-state index contributed by atoms with van der Waals surface area (Å²) in [6.45, 7) is 2.14. The molecule has 3 nitrogen and oxygen atoms in total. The Kier molecular flexibility index (Phi) is 1.84. The number of nitrogens with two attached hydrogens (primary N) is 1. The molecule has 1 unspecified atom stereocenters. The van der Waals surface area contributed by atoms with E-state index in [2.05, 4.69) is 39.7 Å². The Labute approximate surface area is 84.9 Å². The van der Waals surface area contributed by atoms with E-state index in [9.17, 15) is 0 Å². The predicted molar refractivity (Wildman–Crippen MR) is 55.1 cm³/mol. The van der Waals surface area contributed by atoms with Crippen molar-refractivity contribution in [1.82, 2.24) is 10.2 Å². The second-order valence-electron chi connectivity index (χ2n) is 3.31. The van der Waals surface area contributed by atoms with E-state index in [1.807, 2.05) is 12.4 Å². The van der Waals surface area contributed by atoms with Crippen LogP contribution in [0.4, 0.5) is 0 Å². The Bertz CT molecular complexity index is 311. The fraction of sp³-hybridized carbons (Fsp3) is 0.500. The molecular weight excluding hydrogens is 265 g/mol. The van der Waals surface area contributed by atoms with E-state index >= 15 is 0 Å². The minimum Gasteiger partial charge on any atom is -0.326 e. The van der Waals surface area contributed by atoms with Gasteiger partial charge in [0.15, 0.2) is 0 Å². The van der Waals surface area contributed by atoms with Gasteiger partial charge >= 0.3 is 0 Å². The highest BCUT2D eigenvalue weighted by Crippen LogP contribution is 2.42. The van der Waals surface area contributed by atoms with Crippen LogP contribution in [0.3, 0.4) is 0 Å². The first kappa shape index (κ1) is 8.37. The van der Waals surface area contributed by atoms with E-state index < -0.39 is 0 Å². The van der Waals surface area contributed by atoms with Crippen molar-refractivity contribution in [2.24, 2.45) is 5.73 Å². The van der Waals surface area contributed by atoms with Crippen molar-refractivity contribution in [1.29, 1.82) is 0 Å². The van der Waals surface area contributed by atoms with Gasteiger partial charge in [-0.15, -0.1) is 0 Å². The second-order valence-corrected chi connectivity index (χ2v) is 5.56. The lowest BCUT2D eigenvalue weighted by Crippen LogP contribution is -2.34. The van der Waals surface area contributed by atoms with Crippen molar-refractivity contribution in [2.45, 2.75) is 22.8 Å². The highest BCUT2D eigenvalue weighted by Gasteiger charge is 2.39. The molecule has 0 spiro atoms.